The van der Waals surface area contributed by atoms with E-state index >= 15 is 0 Å². The first kappa shape index (κ1) is 28.8. The molecule has 6 N–H and O–H groups in total. The van der Waals surface area contributed by atoms with Crippen LogP contribution in [0.4, 0.5) is 0 Å². The van der Waals surface area contributed by atoms with Crippen LogP contribution >= 0.6 is 0 Å². The maximum absolute atomic E-state index is 12.3. The fourth-order valence-electron chi connectivity index (χ4n) is 6.71. The quantitative estimate of drug-likeness (QED) is 0.177. The average molecular weight is 565 g/mol. The Morgan fingerprint density at radius 2 is 1.93 bits per heavy atom. The SMILES string of the molecule is CCOC(=O)CCc1cc2ccoc2c(OC)c1O[C@@H]1O[C@H](CO)[C@]2(O)C[C@@H]3C=C[C@H](O)[C@@H](CO)[C@@H]3[C@@]1(O)[C@H]2O. The fraction of sp³-hybridized carbons (Fsp3) is 0.607. The molecule has 40 heavy (non-hydrogen) atoms. The first-order valence-corrected chi connectivity index (χ1v) is 13.4. The van der Waals surface area contributed by atoms with Gasteiger partial charge in [-0.2, -0.15) is 0 Å². The summed E-state index contributed by atoms with van der Waals surface area (Å²) in [4.78, 5) is 12.2. The predicted molar refractivity (Wildman–Crippen MR) is 137 cm³/mol. The molecule has 1 saturated carbocycles. The number of aliphatic hydroxyl groups is 6. The van der Waals surface area contributed by atoms with E-state index in [0.29, 0.717) is 16.5 Å². The van der Waals surface area contributed by atoms with Crippen molar-refractivity contribution in [1.29, 1.82) is 0 Å². The highest BCUT2D eigenvalue weighted by Crippen LogP contribution is 2.56. The molecule has 0 radical (unpaired) electrons. The Bertz CT molecular complexity index is 1260. The molecule has 1 aromatic carbocycles. The van der Waals surface area contributed by atoms with Crippen molar-refractivity contribution < 1.29 is 58.8 Å². The molecule has 5 rings (SSSR count). The lowest BCUT2D eigenvalue weighted by molar-refractivity contribution is -0.391. The molecule has 1 aromatic heterocycles. The topological polar surface area (TPSA) is 189 Å². The van der Waals surface area contributed by atoms with Gasteiger partial charge in [-0.05, 0) is 43.4 Å². The summed E-state index contributed by atoms with van der Waals surface area (Å²) in [5.74, 6) is -2.76. The van der Waals surface area contributed by atoms with E-state index in [1.165, 1.54) is 19.4 Å². The van der Waals surface area contributed by atoms with Crippen LogP contribution in [0.2, 0.25) is 0 Å². The summed E-state index contributed by atoms with van der Waals surface area (Å²) < 4.78 is 28.6. The van der Waals surface area contributed by atoms with E-state index in [9.17, 15) is 35.4 Å². The van der Waals surface area contributed by atoms with Gasteiger partial charge >= 0.3 is 5.97 Å². The number of esters is 1. The number of aliphatic hydroxyl groups excluding tert-OH is 4. The van der Waals surface area contributed by atoms with E-state index in [1.54, 1.807) is 25.1 Å². The number of ether oxygens (including phenoxy) is 4. The first-order valence-electron chi connectivity index (χ1n) is 13.4. The molecule has 0 unspecified atom stereocenters. The number of hydrogen-bond donors (Lipinski definition) is 6. The normalized spacial score (nSPS) is 36.8. The van der Waals surface area contributed by atoms with Crippen molar-refractivity contribution >= 4 is 16.9 Å². The molecule has 1 aliphatic heterocycles. The van der Waals surface area contributed by atoms with Gasteiger partial charge in [-0.3, -0.25) is 4.79 Å². The van der Waals surface area contributed by atoms with Gasteiger partial charge in [0.05, 0.1) is 32.7 Å². The second-order valence-electron chi connectivity index (χ2n) is 10.7. The molecule has 2 aliphatic carbocycles. The number of carbonyl (C=O) groups excluding carboxylic acids is 1. The Kier molecular flexibility index (Phi) is 7.87. The van der Waals surface area contributed by atoms with Crippen LogP contribution in [-0.4, -0.2) is 99.3 Å². The van der Waals surface area contributed by atoms with Crippen molar-refractivity contribution in [2.24, 2.45) is 17.8 Å². The van der Waals surface area contributed by atoms with Crippen LogP contribution in [-0.2, 0) is 20.7 Å². The standard InChI is InChI=1S/C28H36O12/c1-3-37-20(32)7-5-14-10-15-8-9-38-22(15)24(36-2)23(14)40-26-28(35)21-16(4-6-18(31)17(21)12-29)11-27(34,25(28)33)19(13-30)39-26/h4,6,8-10,16-19,21,25-26,29-31,33-35H,3,5,7,11-13H2,1-2H3/t16-,17+,18-,19+,21+,25-,26-,27+,28+/m0/s1. The third-order valence-corrected chi connectivity index (χ3v) is 8.59. The van der Waals surface area contributed by atoms with Gasteiger partial charge in [0, 0.05) is 30.2 Å². The van der Waals surface area contributed by atoms with Gasteiger partial charge in [0.2, 0.25) is 12.0 Å². The number of methoxy groups -OCH3 is 1. The first-order chi connectivity index (χ1) is 19.1. The van der Waals surface area contributed by atoms with Crippen LogP contribution in [0, 0.1) is 17.8 Å². The molecule has 12 heteroatoms. The zero-order valence-electron chi connectivity index (χ0n) is 22.3. The third-order valence-electron chi connectivity index (χ3n) is 8.59. The second-order valence-corrected chi connectivity index (χ2v) is 10.7. The zero-order valence-corrected chi connectivity index (χ0v) is 22.3. The van der Waals surface area contributed by atoms with E-state index in [4.69, 9.17) is 23.4 Å². The lowest BCUT2D eigenvalue weighted by Gasteiger charge is -2.63. The van der Waals surface area contributed by atoms with Crippen LogP contribution in [0.25, 0.3) is 11.0 Å². The van der Waals surface area contributed by atoms with Gasteiger partial charge < -0.3 is 54.0 Å². The number of benzene rings is 1. The summed E-state index contributed by atoms with van der Waals surface area (Å²) in [7, 11) is 1.39. The number of furan rings is 1. The van der Waals surface area contributed by atoms with Crippen LogP contribution in [0.3, 0.4) is 0 Å². The number of rotatable bonds is 9. The Balaban J connectivity index is 1.62. The molecule has 2 fully saturated rings. The molecule has 3 aliphatic rings. The molecule has 0 amide bonds. The van der Waals surface area contributed by atoms with Crippen LogP contribution in [0.15, 0.2) is 35.0 Å². The molecule has 12 nitrogen and oxygen atoms in total. The van der Waals surface area contributed by atoms with E-state index < -0.39 is 72.7 Å². The van der Waals surface area contributed by atoms with Crippen molar-refractivity contribution in [3.05, 3.63) is 36.1 Å². The minimum absolute atomic E-state index is 0.00240. The average Bonchev–Trinajstić information content (AvgIpc) is 3.40. The summed E-state index contributed by atoms with van der Waals surface area (Å²) in [5, 5.41) is 66.9. The van der Waals surface area contributed by atoms with E-state index in [0.717, 1.165) is 0 Å². The van der Waals surface area contributed by atoms with E-state index in [1.807, 2.05) is 0 Å². The number of fused-ring (bicyclic) bond motifs is 5. The Hall–Kier alpha value is -2.71. The molecule has 2 aromatic rings. The van der Waals surface area contributed by atoms with Gasteiger partial charge in [-0.1, -0.05) is 12.2 Å². The summed E-state index contributed by atoms with van der Waals surface area (Å²) in [6, 6.07) is 3.44. The predicted octanol–water partition coefficient (Wildman–Crippen LogP) is 0.0315. The molecular weight excluding hydrogens is 528 g/mol. The highest BCUT2D eigenvalue weighted by Gasteiger charge is 2.72. The van der Waals surface area contributed by atoms with Crippen molar-refractivity contribution in [3.8, 4) is 11.5 Å². The molecular formula is C28H36O12. The maximum atomic E-state index is 12.3. The molecule has 0 spiro atoms. The van der Waals surface area contributed by atoms with Crippen LogP contribution < -0.4 is 9.47 Å². The van der Waals surface area contributed by atoms with Crippen LogP contribution in [0.5, 0.6) is 11.5 Å². The summed E-state index contributed by atoms with van der Waals surface area (Å²) in [5.41, 5.74) is -3.61. The number of allylic oxidation sites excluding steroid dienone is 1. The van der Waals surface area contributed by atoms with Crippen molar-refractivity contribution in [1.82, 2.24) is 0 Å². The molecule has 1 saturated heterocycles. The Morgan fingerprint density at radius 1 is 1.15 bits per heavy atom. The van der Waals surface area contributed by atoms with Crippen molar-refractivity contribution in [2.45, 2.75) is 62.0 Å². The Labute approximate surface area is 230 Å². The van der Waals surface area contributed by atoms with Gasteiger partial charge in [0.15, 0.2) is 16.9 Å². The number of aryl methyl sites for hydroxylation is 1. The Morgan fingerprint density at radius 3 is 2.60 bits per heavy atom. The van der Waals surface area contributed by atoms with Crippen LogP contribution in [0.1, 0.15) is 25.3 Å². The zero-order chi connectivity index (χ0) is 28.8. The molecule has 2 bridgehead atoms. The molecule has 2 heterocycles. The van der Waals surface area contributed by atoms with Gasteiger partial charge in [0.1, 0.15) is 17.8 Å². The third kappa shape index (κ3) is 4.38. The lowest BCUT2D eigenvalue weighted by Crippen LogP contribution is -2.81. The van der Waals surface area contributed by atoms with Crippen molar-refractivity contribution in [3.63, 3.8) is 0 Å². The smallest absolute Gasteiger partial charge is 0.306 e. The summed E-state index contributed by atoms with van der Waals surface area (Å²) in [6.07, 6.45) is -1.45. The fourth-order valence-corrected chi connectivity index (χ4v) is 6.71. The summed E-state index contributed by atoms with van der Waals surface area (Å²) in [6.45, 7) is 0.698. The van der Waals surface area contributed by atoms with Gasteiger partial charge in [-0.15, -0.1) is 0 Å². The maximum Gasteiger partial charge on any atom is 0.306 e. The summed E-state index contributed by atoms with van der Waals surface area (Å²) >= 11 is 0. The molecule has 220 valence electrons. The van der Waals surface area contributed by atoms with Gasteiger partial charge in [0.25, 0.3) is 0 Å². The second kappa shape index (κ2) is 10.9. The molecule has 9 atom stereocenters. The lowest BCUT2D eigenvalue weighted by atomic mass is 9.53. The minimum Gasteiger partial charge on any atom is -0.490 e. The van der Waals surface area contributed by atoms with E-state index in [2.05, 4.69) is 0 Å². The van der Waals surface area contributed by atoms with Gasteiger partial charge in [-0.25, -0.2) is 0 Å². The number of hydrogen-bond acceptors (Lipinski definition) is 12. The van der Waals surface area contributed by atoms with Crippen molar-refractivity contribution in [2.75, 3.05) is 26.9 Å². The number of carbonyl (C=O) groups is 1. The highest BCUT2D eigenvalue weighted by atomic mass is 16.7. The largest absolute Gasteiger partial charge is 0.490 e. The highest BCUT2D eigenvalue weighted by molar-refractivity contribution is 5.87. The van der Waals surface area contributed by atoms with E-state index in [-0.39, 0.29) is 37.4 Å². The minimum atomic E-state index is -2.36. The monoisotopic (exact) mass is 564 g/mol.